The van der Waals surface area contributed by atoms with Crippen LogP contribution < -0.4 is 10.1 Å². The van der Waals surface area contributed by atoms with Gasteiger partial charge in [0, 0.05) is 25.0 Å². The second kappa shape index (κ2) is 6.26. The first-order valence-corrected chi connectivity index (χ1v) is 7.48. The molecule has 7 nitrogen and oxygen atoms in total. The number of nitrogens with one attached hydrogen (secondary N) is 1. The molecule has 0 aliphatic heterocycles. The minimum Gasteiger partial charge on any atom is -0.480 e. The smallest absolute Gasteiger partial charge is 0.233 e. The van der Waals surface area contributed by atoms with Crippen molar-refractivity contribution in [2.45, 2.75) is 25.0 Å². The summed E-state index contributed by atoms with van der Waals surface area (Å²) < 4.78 is 6.90. The van der Waals surface area contributed by atoms with E-state index in [9.17, 15) is 10.4 Å². The Morgan fingerprint density at radius 1 is 1.52 bits per heavy atom. The lowest BCUT2D eigenvalue weighted by atomic mass is 9.75. The largest absolute Gasteiger partial charge is 0.480 e. The topological polar surface area (TPSA) is 96.0 Å². The van der Waals surface area contributed by atoms with Crippen LogP contribution in [0.5, 0.6) is 5.88 Å². The van der Waals surface area contributed by atoms with E-state index < -0.39 is 0 Å². The van der Waals surface area contributed by atoms with E-state index in [1.165, 1.54) is 7.11 Å². The molecular formula is C16H19N5O2. The van der Waals surface area contributed by atoms with Crippen molar-refractivity contribution < 1.29 is 9.84 Å². The highest BCUT2D eigenvalue weighted by atomic mass is 16.5. The van der Waals surface area contributed by atoms with Gasteiger partial charge in [0.25, 0.3) is 0 Å². The van der Waals surface area contributed by atoms with Crippen molar-refractivity contribution in [3.05, 3.63) is 35.8 Å². The summed E-state index contributed by atoms with van der Waals surface area (Å²) in [4.78, 5) is 4.06. The van der Waals surface area contributed by atoms with Gasteiger partial charge in [-0.1, -0.05) is 0 Å². The number of aryl methyl sites for hydroxylation is 1. The first kappa shape index (κ1) is 15.3. The van der Waals surface area contributed by atoms with Gasteiger partial charge >= 0.3 is 0 Å². The highest BCUT2D eigenvalue weighted by Gasteiger charge is 2.35. The number of pyridine rings is 1. The van der Waals surface area contributed by atoms with Crippen LogP contribution in [0.1, 0.15) is 30.0 Å². The van der Waals surface area contributed by atoms with Crippen molar-refractivity contribution in [2.24, 2.45) is 13.0 Å². The first-order valence-electron chi connectivity index (χ1n) is 7.48. The molecular weight excluding hydrogens is 294 g/mol. The summed E-state index contributed by atoms with van der Waals surface area (Å²) in [6.07, 6.45) is 6.59. The monoisotopic (exact) mass is 313 g/mol. The molecule has 2 aromatic heterocycles. The van der Waals surface area contributed by atoms with Gasteiger partial charge in [0.05, 0.1) is 31.1 Å². The molecule has 1 atom stereocenters. The average molecular weight is 313 g/mol. The maximum absolute atomic E-state index is 9.64. The third-order valence-electron chi connectivity index (χ3n) is 4.24. The second-order valence-corrected chi connectivity index (χ2v) is 5.81. The number of nitrogens with zero attached hydrogens (tertiary/aromatic N) is 4. The fourth-order valence-electron chi connectivity index (χ4n) is 2.97. The Bertz CT molecular complexity index is 730. The van der Waals surface area contributed by atoms with Gasteiger partial charge in [-0.15, -0.1) is 0 Å². The lowest BCUT2D eigenvalue weighted by molar-refractivity contribution is 0.0340. The molecule has 2 aromatic rings. The molecule has 0 saturated heterocycles. The van der Waals surface area contributed by atoms with Crippen molar-refractivity contribution >= 4 is 5.69 Å². The van der Waals surface area contributed by atoms with Crippen LogP contribution in [0.2, 0.25) is 0 Å². The Morgan fingerprint density at radius 2 is 2.30 bits per heavy atom. The summed E-state index contributed by atoms with van der Waals surface area (Å²) in [6.45, 7) is 0. The number of ether oxygens (including phenoxy) is 1. The number of aliphatic hydroxyl groups excluding tert-OH is 1. The maximum atomic E-state index is 9.64. The van der Waals surface area contributed by atoms with Crippen molar-refractivity contribution in [3.63, 3.8) is 0 Å². The molecule has 0 aromatic carbocycles. The molecule has 3 rings (SSSR count). The number of nitriles is 1. The lowest BCUT2D eigenvalue weighted by Gasteiger charge is -2.38. The molecule has 2 N–H and O–H groups in total. The molecule has 1 fully saturated rings. The van der Waals surface area contributed by atoms with Crippen LogP contribution in [0, 0.1) is 17.2 Å². The summed E-state index contributed by atoms with van der Waals surface area (Å²) in [6, 6.07) is 3.88. The number of methoxy groups -OCH3 is 1. The molecule has 2 heterocycles. The lowest BCUT2D eigenvalue weighted by Crippen LogP contribution is -2.36. The maximum Gasteiger partial charge on any atom is 0.233 e. The number of rotatable bonds is 5. The van der Waals surface area contributed by atoms with Gasteiger partial charge in [0.1, 0.15) is 11.6 Å². The van der Waals surface area contributed by atoms with Crippen LogP contribution >= 0.6 is 0 Å². The van der Waals surface area contributed by atoms with Crippen LogP contribution in [0.3, 0.4) is 0 Å². The van der Waals surface area contributed by atoms with E-state index in [-0.39, 0.29) is 12.1 Å². The van der Waals surface area contributed by atoms with E-state index in [1.807, 2.05) is 19.4 Å². The molecule has 1 aliphatic rings. The Hall–Kier alpha value is -2.59. The fourth-order valence-corrected chi connectivity index (χ4v) is 2.97. The number of hydrogen-bond acceptors (Lipinski definition) is 6. The SMILES string of the molecule is COc1nccc(NC(c2cnn(C)c2)C2CC(O)C2)c1C#N. The van der Waals surface area contributed by atoms with Gasteiger partial charge < -0.3 is 15.2 Å². The number of anilines is 1. The van der Waals surface area contributed by atoms with Crippen LogP contribution in [0.15, 0.2) is 24.7 Å². The van der Waals surface area contributed by atoms with Crippen molar-refractivity contribution in [1.29, 1.82) is 5.26 Å². The molecule has 1 aliphatic carbocycles. The fraction of sp³-hybridized carbons (Fsp3) is 0.438. The Morgan fingerprint density at radius 3 is 2.87 bits per heavy atom. The van der Waals surface area contributed by atoms with E-state index in [1.54, 1.807) is 16.9 Å². The molecule has 7 heteroatoms. The normalized spacial score (nSPS) is 21.1. The first-order chi connectivity index (χ1) is 11.1. The molecule has 23 heavy (non-hydrogen) atoms. The summed E-state index contributed by atoms with van der Waals surface area (Å²) >= 11 is 0. The van der Waals surface area contributed by atoms with E-state index in [2.05, 4.69) is 21.5 Å². The van der Waals surface area contributed by atoms with Gasteiger partial charge in [-0.25, -0.2) is 4.98 Å². The second-order valence-electron chi connectivity index (χ2n) is 5.81. The van der Waals surface area contributed by atoms with Crippen LogP contribution in [-0.4, -0.2) is 33.1 Å². The zero-order valence-electron chi connectivity index (χ0n) is 13.1. The molecule has 0 bridgehead atoms. The van der Waals surface area contributed by atoms with Gasteiger partial charge in [0.15, 0.2) is 0 Å². The molecule has 0 radical (unpaired) electrons. The van der Waals surface area contributed by atoms with Gasteiger partial charge in [-0.2, -0.15) is 10.4 Å². The summed E-state index contributed by atoms with van der Waals surface area (Å²) in [5, 5.41) is 26.7. The van der Waals surface area contributed by atoms with E-state index in [0.29, 0.717) is 23.0 Å². The minimum absolute atomic E-state index is 0.0219. The highest BCUT2D eigenvalue weighted by molar-refractivity contribution is 5.62. The Labute approximate surface area is 134 Å². The third-order valence-corrected chi connectivity index (χ3v) is 4.24. The third kappa shape index (κ3) is 2.98. The van der Waals surface area contributed by atoms with Crippen LogP contribution in [-0.2, 0) is 7.05 Å². The zero-order chi connectivity index (χ0) is 16.4. The zero-order valence-corrected chi connectivity index (χ0v) is 13.1. The minimum atomic E-state index is -0.247. The van der Waals surface area contributed by atoms with Gasteiger partial charge in [-0.3, -0.25) is 4.68 Å². The number of hydrogen-bond donors (Lipinski definition) is 2. The van der Waals surface area contributed by atoms with Crippen molar-refractivity contribution in [2.75, 3.05) is 12.4 Å². The molecule has 0 amide bonds. The predicted molar refractivity (Wildman–Crippen MR) is 83.8 cm³/mol. The average Bonchev–Trinajstić information content (AvgIpc) is 2.95. The van der Waals surface area contributed by atoms with Crippen molar-refractivity contribution in [3.8, 4) is 11.9 Å². The highest BCUT2D eigenvalue weighted by Crippen LogP contribution is 2.40. The number of aliphatic hydroxyl groups is 1. The van der Waals surface area contributed by atoms with Gasteiger partial charge in [-0.05, 0) is 24.8 Å². The molecule has 1 saturated carbocycles. The Kier molecular flexibility index (Phi) is 4.17. The van der Waals surface area contributed by atoms with E-state index in [0.717, 1.165) is 18.4 Å². The number of aromatic nitrogens is 3. The quantitative estimate of drug-likeness (QED) is 0.871. The molecule has 120 valence electrons. The van der Waals surface area contributed by atoms with Crippen molar-refractivity contribution in [1.82, 2.24) is 14.8 Å². The van der Waals surface area contributed by atoms with E-state index in [4.69, 9.17) is 4.74 Å². The molecule has 0 spiro atoms. The van der Waals surface area contributed by atoms with Crippen LogP contribution in [0.25, 0.3) is 0 Å². The van der Waals surface area contributed by atoms with Crippen LogP contribution in [0.4, 0.5) is 5.69 Å². The summed E-state index contributed by atoms with van der Waals surface area (Å²) in [5.74, 6) is 0.594. The predicted octanol–water partition coefficient (Wildman–Crippen LogP) is 1.62. The standard InChI is InChI=1S/C16H19N5O2/c1-21-9-11(8-19-21)15(10-5-12(22)6-10)20-14-3-4-18-16(23-2)13(14)7-17/h3-4,8-10,12,15,22H,5-6H2,1-2H3,(H,18,20). The Balaban J connectivity index is 1.92. The van der Waals surface area contributed by atoms with Gasteiger partial charge in [0.2, 0.25) is 5.88 Å². The summed E-state index contributed by atoms with van der Waals surface area (Å²) in [5.41, 5.74) is 2.09. The summed E-state index contributed by atoms with van der Waals surface area (Å²) in [7, 11) is 3.36. The van der Waals surface area contributed by atoms with E-state index >= 15 is 0 Å². The molecule has 1 unspecified atom stereocenters.